The Morgan fingerprint density at radius 3 is 2.67 bits per heavy atom. The van der Waals surface area contributed by atoms with Gasteiger partial charge >= 0.3 is 0 Å². The molecule has 1 heterocycles. The van der Waals surface area contributed by atoms with Crippen LogP contribution in [0.2, 0.25) is 0 Å². The summed E-state index contributed by atoms with van der Waals surface area (Å²) in [5.74, 6) is -0.451. The zero-order valence-electron chi connectivity index (χ0n) is 14.3. The molecule has 0 aliphatic rings. The third kappa shape index (κ3) is 4.08. The highest BCUT2D eigenvalue weighted by molar-refractivity contribution is 5.64. The smallest absolute Gasteiger partial charge is 0.295 e. The number of nitro benzene ring substituents is 1. The molecule has 0 aliphatic carbocycles. The Kier molecular flexibility index (Phi) is 5.40. The van der Waals surface area contributed by atoms with Gasteiger partial charge in [-0.05, 0) is 22.6 Å². The number of nitrogens with one attached hydrogen (secondary N) is 2. The van der Waals surface area contributed by atoms with Crippen molar-refractivity contribution in [3.8, 4) is 11.4 Å². The fourth-order valence-corrected chi connectivity index (χ4v) is 2.40. The Morgan fingerprint density at radius 2 is 1.96 bits per heavy atom. The molecular formula is C16H16FN7O3. The van der Waals surface area contributed by atoms with Gasteiger partial charge in [0, 0.05) is 19.2 Å². The van der Waals surface area contributed by atoms with Gasteiger partial charge < -0.3 is 15.4 Å². The van der Waals surface area contributed by atoms with E-state index in [4.69, 9.17) is 4.74 Å². The van der Waals surface area contributed by atoms with Crippen molar-refractivity contribution in [2.45, 2.75) is 0 Å². The molecule has 0 atom stereocenters. The molecule has 11 heteroatoms. The first kappa shape index (κ1) is 18.0. The second-order valence-electron chi connectivity index (χ2n) is 5.36. The van der Waals surface area contributed by atoms with Crippen LogP contribution in [0.5, 0.6) is 5.75 Å². The summed E-state index contributed by atoms with van der Waals surface area (Å²) in [6.07, 6.45) is 0. The molecule has 0 bridgehead atoms. The molecule has 3 rings (SSSR count). The minimum atomic E-state index is -0.796. The van der Waals surface area contributed by atoms with E-state index in [1.807, 2.05) is 30.3 Å². The van der Waals surface area contributed by atoms with Crippen LogP contribution in [0.15, 0.2) is 42.5 Å². The van der Waals surface area contributed by atoms with Crippen molar-refractivity contribution in [1.29, 1.82) is 0 Å². The number of para-hydroxylation sites is 1. The number of nitro groups is 1. The molecule has 2 aromatic carbocycles. The van der Waals surface area contributed by atoms with Crippen LogP contribution in [0.1, 0.15) is 0 Å². The summed E-state index contributed by atoms with van der Waals surface area (Å²) in [5.41, 5.74) is 0.571. The highest BCUT2D eigenvalue weighted by Crippen LogP contribution is 2.31. The first-order valence-corrected chi connectivity index (χ1v) is 7.93. The lowest BCUT2D eigenvalue weighted by Crippen LogP contribution is -2.17. The first-order chi connectivity index (χ1) is 13.1. The number of methoxy groups -OCH3 is 1. The summed E-state index contributed by atoms with van der Waals surface area (Å²) in [7, 11) is 1.29. The van der Waals surface area contributed by atoms with E-state index in [1.54, 1.807) is 0 Å². The predicted octanol–water partition coefficient (Wildman–Crippen LogP) is 2.24. The van der Waals surface area contributed by atoms with Crippen LogP contribution in [0.3, 0.4) is 0 Å². The van der Waals surface area contributed by atoms with Gasteiger partial charge in [0.1, 0.15) is 5.69 Å². The summed E-state index contributed by atoms with van der Waals surface area (Å²) in [5, 5.41) is 28.5. The maximum absolute atomic E-state index is 13.7. The lowest BCUT2D eigenvalue weighted by atomic mass is 10.2. The van der Waals surface area contributed by atoms with Crippen LogP contribution in [0.25, 0.3) is 5.69 Å². The van der Waals surface area contributed by atoms with E-state index in [-0.39, 0.29) is 17.1 Å². The molecule has 0 unspecified atom stereocenters. The molecule has 10 nitrogen and oxygen atoms in total. The van der Waals surface area contributed by atoms with Crippen LogP contribution >= 0.6 is 0 Å². The van der Waals surface area contributed by atoms with Crippen LogP contribution in [0, 0.1) is 15.9 Å². The second-order valence-corrected chi connectivity index (χ2v) is 5.36. The number of ether oxygens (including phenoxy) is 1. The average Bonchev–Trinajstić information content (AvgIpc) is 3.15. The van der Waals surface area contributed by atoms with E-state index in [2.05, 4.69) is 26.2 Å². The molecule has 0 amide bonds. The lowest BCUT2D eigenvalue weighted by Gasteiger charge is -2.11. The highest BCUT2D eigenvalue weighted by Gasteiger charge is 2.18. The molecule has 2 N–H and O–H groups in total. The quantitative estimate of drug-likeness (QED) is 0.350. The third-order valence-electron chi connectivity index (χ3n) is 3.66. The standard InChI is InChI=1S/C16H16FN7O3/c1-27-15-10-13(14(24(25)26)9-12(15)17)18-7-8-19-16-20-21-22-23(16)11-5-3-2-4-6-11/h2-6,9-10,18H,7-8H2,1H3,(H,19,20,22). The molecule has 1 aromatic heterocycles. The monoisotopic (exact) mass is 373 g/mol. The maximum Gasteiger partial charge on any atom is 0.295 e. The van der Waals surface area contributed by atoms with Gasteiger partial charge in [0.15, 0.2) is 11.6 Å². The minimum Gasteiger partial charge on any atom is -0.494 e. The molecular weight excluding hydrogens is 357 g/mol. The van der Waals surface area contributed by atoms with Gasteiger partial charge in [0.25, 0.3) is 5.69 Å². The van der Waals surface area contributed by atoms with E-state index in [0.29, 0.717) is 19.0 Å². The Balaban J connectivity index is 1.65. The van der Waals surface area contributed by atoms with Gasteiger partial charge in [-0.15, -0.1) is 0 Å². The Bertz CT molecular complexity index is 933. The van der Waals surface area contributed by atoms with Crippen molar-refractivity contribution >= 4 is 17.3 Å². The third-order valence-corrected chi connectivity index (χ3v) is 3.66. The normalized spacial score (nSPS) is 10.4. The fourth-order valence-electron chi connectivity index (χ4n) is 2.40. The topological polar surface area (TPSA) is 120 Å². The molecule has 140 valence electrons. The summed E-state index contributed by atoms with van der Waals surface area (Å²) in [4.78, 5) is 10.4. The van der Waals surface area contributed by atoms with E-state index >= 15 is 0 Å². The molecule has 0 fully saturated rings. The van der Waals surface area contributed by atoms with Crippen LogP contribution in [-0.2, 0) is 0 Å². The number of aromatic nitrogens is 4. The van der Waals surface area contributed by atoms with Gasteiger partial charge in [-0.1, -0.05) is 23.3 Å². The maximum atomic E-state index is 13.7. The number of nitrogens with zero attached hydrogens (tertiary/aromatic N) is 5. The zero-order chi connectivity index (χ0) is 19.2. The molecule has 0 radical (unpaired) electrons. The van der Waals surface area contributed by atoms with Crippen molar-refractivity contribution in [3.05, 3.63) is 58.4 Å². The highest BCUT2D eigenvalue weighted by atomic mass is 19.1. The number of hydrogen-bond acceptors (Lipinski definition) is 8. The van der Waals surface area contributed by atoms with Gasteiger partial charge in [0.2, 0.25) is 5.95 Å². The van der Waals surface area contributed by atoms with Crippen LogP contribution < -0.4 is 15.4 Å². The first-order valence-electron chi connectivity index (χ1n) is 7.93. The number of rotatable bonds is 8. The number of tetrazole rings is 1. The molecule has 27 heavy (non-hydrogen) atoms. The van der Waals surface area contributed by atoms with Gasteiger partial charge in [-0.25, -0.2) is 4.39 Å². The molecule has 3 aromatic rings. The van der Waals surface area contributed by atoms with E-state index in [1.165, 1.54) is 17.9 Å². The number of anilines is 2. The summed E-state index contributed by atoms with van der Waals surface area (Å²) < 4.78 is 20.1. The Morgan fingerprint density at radius 1 is 1.22 bits per heavy atom. The van der Waals surface area contributed by atoms with E-state index < -0.39 is 10.7 Å². The van der Waals surface area contributed by atoms with Crippen molar-refractivity contribution in [2.75, 3.05) is 30.8 Å². The van der Waals surface area contributed by atoms with Gasteiger partial charge in [-0.2, -0.15) is 4.68 Å². The summed E-state index contributed by atoms with van der Waals surface area (Å²) in [6.45, 7) is 0.668. The number of halogens is 1. The predicted molar refractivity (Wildman–Crippen MR) is 95.7 cm³/mol. The van der Waals surface area contributed by atoms with Gasteiger partial charge in [0.05, 0.1) is 23.8 Å². The fraction of sp³-hybridized carbons (Fsp3) is 0.188. The molecule has 0 saturated carbocycles. The SMILES string of the molecule is COc1cc(NCCNc2nnnn2-c2ccccc2)c([N+](=O)[O-])cc1F. The molecule has 0 saturated heterocycles. The minimum absolute atomic E-state index is 0.0796. The number of benzene rings is 2. The summed E-state index contributed by atoms with van der Waals surface area (Å²) >= 11 is 0. The van der Waals surface area contributed by atoms with Crippen molar-refractivity contribution in [1.82, 2.24) is 20.2 Å². The van der Waals surface area contributed by atoms with Crippen molar-refractivity contribution in [2.24, 2.45) is 0 Å². The number of hydrogen-bond donors (Lipinski definition) is 2. The average molecular weight is 373 g/mol. The zero-order valence-corrected chi connectivity index (χ0v) is 14.3. The lowest BCUT2D eigenvalue weighted by molar-refractivity contribution is -0.384. The van der Waals surface area contributed by atoms with Gasteiger partial charge in [-0.3, -0.25) is 10.1 Å². The van der Waals surface area contributed by atoms with Crippen LogP contribution in [0.4, 0.5) is 21.7 Å². The van der Waals surface area contributed by atoms with E-state index in [0.717, 1.165) is 11.8 Å². The van der Waals surface area contributed by atoms with E-state index in [9.17, 15) is 14.5 Å². The van der Waals surface area contributed by atoms with Crippen molar-refractivity contribution < 1.29 is 14.1 Å². The summed E-state index contributed by atoms with van der Waals surface area (Å²) in [6, 6.07) is 11.4. The van der Waals surface area contributed by atoms with Crippen molar-refractivity contribution in [3.63, 3.8) is 0 Å². The largest absolute Gasteiger partial charge is 0.494 e. The van der Waals surface area contributed by atoms with Crippen LogP contribution in [-0.4, -0.2) is 45.3 Å². The Hall–Kier alpha value is -3.76. The Labute approximate surface area is 153 Å². The second kappa shape index (κ2) is 8.08. The molecule has 0 aliphatic heterocycles. The molecule has 0 spiro atoms.